The predicted octanol–water partition coefficient (Wildman–Crippen LogP) is 3.88. The van der Waals surface area contributed by atoms with Crippen molar-refractivity contribution >= 4 is 23.3 Å². The van der Waals surface area contributed by atoms with Crippen molar-refractivity contribution in [1.29, 1.82) is 0 Å². The number of benzene rings is 2. The maximum atomic E-state index is 12.8. The van der Waals surface area contributed by atoms with Gasteiger partial charge in [-0.15, -0.1) is 0 Å². The highest BCUT2D eigenvalue weighted by Gasteiger charge is 2.49. The van der Waals surface area contributed by atoms with E-state index in [4.69, 9.17) is 9.47 Å². The lowest BCUT2D eigenvalue weighted by molar-refractivity contribution is -0.122. The van der Waals surface area contributed by atoms with Crippen molar-refractivity contribution in [3.63, 3.8) is 0 Å². The van der Waals surface area contributed by atoms with Gasteiger partial charge in [0.1, 0.15) is 11.5 Å². The molecule has 0 bridgehead atoms. The Kier molecular flexibility index (Phi) is 5.57. The van der Waals surface area contributed by atoms with E-state index in [-0.39, 0.29) is 36.0 Å². The Morgan fingerprint density at radius 3 is 2.23 bits per heavy atom. The lowest BCUT2D eigenvalue weighted by Crippen LogP contribution is -2.30. The zero-order valence-electron chi connectivity index (χ0n) is 17.2. The molecule has 2 aromatic rings. The van der Waals surface area contributed by atoms with Crippen molar-refractivity contribution in [1.82, 2.24) is 0 Å². The van der Waals surface area contributed by atoms with Gasteiger partial charge in [-0.25, -0.2) is 0 Å². The van der Waals surface area contributed by atoms with Gasteiger partial charge in [-0.1, -0.05) is 6.92 Å². The number of nitrogens with zero attached hydrogens (tertiary/aromatic N) is 1. The lowest BCUT2D eigenvalue weighted by Gasteiger charge is -2.25. The maximum absolute atomic E-state index is 12.8. The van der Waals surface area contributed by atoms with Gasteiger partial charge >= 0.3 is 0 Å². The Morgan fingerprint density at radius 1 is 0.933 bits per heavy atom. The normalized spacial score (nSPS) is 23.3. The Bertz CT molecular complexity index is 951. The Labute approximate surface area is 175 Å². The third-order valence-corrected chi connectivity index (χ3v) is 6.06. The van der Waals surface area contributed by atoms with E-state index in [0.717, 1.165) is 19.3 Å². The van der Waals surface area contributed by atoms with Gasteiger partial charge < -0.3 is 9.47 Å². The number of anilines is 1. The molecule has 1 saturated carbocycles. The van der Waals surface area contributed by atoms with Crippen LogP contribution in [0.2, 0.25) is 0 Å². The van der Waals surface area contributed by atoms with E-state index in [1.54, 1.807) is 55.6 Å². The van der Waals surface area contributed by atoms with Gasteiger partial charge in [-0.2, -0.15) is 0 Å². The topological polar surface area (TPSA) is 72.9 Å². The molecular formula is C24H25NO5. The molecule has 0 spiro atoms. The number of amides is 2. The van der Waals surface area contributed by atoms with Gasteiger partial charge in [0.25, 0.3) is 0 Å². The fourth-order valence-corrected chi connectivity index (χ4v) is 4.34. The Balaban J connectivity index is 1.40. The van der Waals surface area contributed by atoms with Crippen LogP contribution in [-0.4, -0.2) is 31.3 Å². The predicted molar refractivity (Wildman–Crippen MR) is 112 cm³/mol. The van der Waals surface area contributed by atoms with Gasteiger partial charge in [-0.3, -0.25) is 19.3 Å². The zero-order valence-corrected chi connectivity index (χ0v) is 17.2. The summed E-state index contributed by atoms with van der Waals surface area (Å²) in [6.07, 6.45) is 2.55. The number of ether oxygens (including phenoxy) is 2. The van der Waals surface area contributed by atoms with Crippen LogP contribution in [0.4, 0.5) is 5.69 Å². The molecule has 3 atom stereocenters. The molecule has 4 rings (SSSR count). The van der Waals surface area contributed by atoms with Crippen molar-refractivity contribution < 1.29 is 23.9 Å². The molecule has 1 saturated heterocycles. The summed E-state index contributed by atoms with van der Waals surface area (Å²) in [6, 6.07) is 13.6. The average Bonchev–Trinajstić information content (AvgIpc) is 3.02. The Morgan fingerprint density at radius 2 is 1.57 bits per heavy atom. The van der Waals surface area contributed by atoms with E-state index in [1.165, 1.54) is 4.90 Å². The highest BCUT2D eigenvalue weighted by Crippen LogP contribution is 2.42. The van der Waals surface area contributed by atoms with Crippen molar-refractivity contribution in [2.24, 2.45) is 17.8 Å². The van der Waals surface area contributed by atoms with E-state index >= 15 is 0 Å². The highest BCUT2D eigenvalue weighted by molar-refractivity contribution is 6.22. The van der Waals surface area contributed by atoms with Crippen molar-refractivity contribution in [2.75, 3.05) is 18.6 Å². The van der Waals surface area contributed by atoms with Gasteiger partial charge in [-0.05, 0) is 73.7 Å². The fourth-order valence-electron chi connectivity index (χ4n) is 4.34. The number of rotatable bonds is 6. The van der Waals surface area contributed by atoms with Crippen LogP contribution >= 0.6 is 0 Å². The third kappa shape index (κ3) is 3.82. The van der Waals surface area contributed by atoms with Crippen LogP contribution in [0.15, 0.2) is 48.5 Å². The number of Topliss-reactive ketones (excluding diaryl/α,β-unsaturated/α-hetero) is 1. The third-order valence-electron chi connectivity index (χ3n) is 6.06. The minimum absolute atomic E-state index is 0.0970. The van der Waals surface area contributed by atoms with Crippen LogP contribution in [-0.2, 0) is 9.59 Å². The van der Waals surface area contributed by atoms with E-state index in [1.807, 2.05) is 0 Å². The Hall–Kier alpha value is -3.15. The molecule has 0 aromatic heterocycles. The van der Waals surface area contributed by atoms with Crippen LogP contribution in [0.25, 0.3) is 0 Å². The molecular weight excluding hydrogens is 382 g/mol. The van der Waals surface area contributed by atoms with E-state index in [2.05, 4.69) is 6.92 Å². The van der Waals surface area contributed by atoms with E-state index in [0.29, 0.717) is 28.7 Å². The first kappa shape index (κ1) is 20.1. The monoisotopic (exact) mass is 407 g/mol. The quantitative estimate of drug-likeness (QED) is 0.537. The number of carbonyl (C=O) groups is 3. The van der Waals surface area contributed by atoms with Gasteiger partial charge in [0.2, 0.25) is 11.8 Å². The minimum Gasteiger partial charge on any atom is -0.497 e. The number of hydrogen-bond donors (Lipinski definition) is 0. The molecule has 6 nitrogen and oxygen atoms in total. The van der Waals surface area contributed by atoms with Crippen LogP contribution in [0, 0.1) is 17.8 Å². The number of imide groups is 1. The summed E-state index contributed by atoms with van der Waals surface area (Å²) < 4.78 is 10.7. The molecule has 1 aliphatic heterocycles. The van der Waals surface area contributed by atoms with Crippen LogP contribution in [0.1, 0.15) is 36.5 Å². The maximum Gasteiger partial charge on any atom is 0.237 e. The first-order chi connectivity index (χ1) is 14.5. The molecule has 30 heavy (non-hydrogen) atoms. The minimum atomic E-state index is -0.195. The first-order valence-electron chi connectivity index (χ1n) is 10.3. The largest absolute Gasteiger partial charge is 0.497 e. The number of hydrogen-bond acceptors (Lipinski definition) is 5. The average molecular weight is 407 g/mol. The summed E-state index contributed by atoms with van der Waals surface area (Å²) in [4.78, 5) is 39.2. The van der Waals surface area contributed by atoms with Crippen LogP contribution in [0.5, 0.6) is 11.5 Å². The molecule has 0 N–H and O–H groups in total. The number of methoxy groups -OCH3 is 1. The molecule has 2 fully saturated rings. The molecule has 0 radical (unpaired) electrons. The zero-order chi connectivity index (χ0) is 21.3. The van der Waals surface area contributed by atoms with E-state index < -0.39 is 0 Å². The van der Waals surface area contributed by atoms with Gasteiger partial charge in [0, 0.05) is 5.56 Å². The highest BCUT2D eigenvalue weighted by atomic mass is 16.5. The van der Waals surface area contributed by atoms with Gasteiger partial charge in [0.15, 0.2) is 12.4 Å². The molecule has 2 amide bonds. The summed E-state index contributed by atoms with van der Waals surface area (Å²) in [5, 5.41) is 0. The summed E-state index contributed by atoms with van der Waals surface area (Å²) in [5.41, 5.74) is 1.10. The van der Waals surface area contributed by atoms with Gasteiger partial charge in [0.05, 0.1) is 24.6 Å². The fraction of sp³-hybridized carbons (Fsp3) is 0.375. The molecule has 6 heteroatoms. The second-order valence-corrected chi connectivity index (χ2v) is 8.08. The standard InChI is InChI=1S/C24H25NO5/c1-15-3-12-20-21(13-15)24(28)25(23(20)27)17-6-10-19(11-7-17)30-14-22(26)16-4-8-18(29-2)9-5-16/h4-11,15,20-21H,3,12-14H2,1-2H3/t15-,20+,21+/m0/s1. The smallest absolute Gasteiger partial charge is 0.237 e. The van der Waals surface area contributed by atoms with Crippen molar-refractivity contribution in [3.05, 3.63) is 54.1 Å². The SMILES string of the molecule is COc1ccc(C(=O)COc2ccc(N3C(=O)[C@@H]4CC[C@H](C)C[C@H]4C3=O)cc2)cc1. The van der Waals surface area contributed by atoms with Crippen molar-refractivity contribution in [3.8, 4) is 11.5 Å². The van der Waals surface area contributed by atoms with Crippen LogP contribution in [0.3, 0.4) is 0 Å². The second kappa shape index (κ2) is 8.30. The number of fused-ring (bicyclic) bond motifs is 1. The van der Waals surface area contributed by atoms with Crippen LogP contribution < -0.4 is 14.4 Å². The summed E-state index contributed by atoms with van der Waals surface area (Å²) in [5.74, 6) is 0.937. The summed E-state index contributed by atoms with van der Waals surface area (Å²) in [6.45, 7) is 2.03. The lowest BCUT2D eigenvalue weighted by atomic mass is 9.76. The first-order valence-corrected chi connectivity index (χ1v) is 10.3. The number of carbonyl (C=O) groups excluding carboxylic acids is 3. The molecule has 156 valence electrons. The second-order valence-electron chi connectivity index (χ2n) is 8.08. The summed E-state index contributed by atoms with van der Waals surface area (Å²) in [7, 11) is 1.57. The number of ketones is 1. The van der Waals surface area contributed by atoms with E-state index in [9.17, 15) is 14.4 Å². The molecule has 2 aromatic carbocycles. The molecule has 1 aliphatic carbocycles. The van der Waals surface area contributed by atoms with Crippen molar-refractivity contribution in [2.45, 2.75) is 26.2 Å². The molecule has 0 unspecified atom stereocenters. The summed E-state index contributed by atoms with van der Waals surface area (Å²) >= 11 is 0. The molecule has 1 heterocycles. The molecule has 2 aliphatic rings.